The first-order chi connectivity index (χ1) is 14.8. The second-order valence-corrected chi connectivity index (χ2v) is 7.38. The number of rotatable bonds is 5. The van der Waals surface area contributed by atoms with Crippen LogP contribution in [-0.2, 0) is 0 Å². The van der Waals surface area contributed by atoms with Crippen molar-refractivity contribution in [3.63, 3.8) is 0 Å². The van der Waals surface area contributed by atoms with Crippen molar-refractivity contribution in [3.8, 4) is 22.9 Å². The molecule has 0 spiro atoms. The highest BCUT2D eigenvalue weighted by Crippen LogP contribution is 2.32. The smallest absolute Gasteiger partial charge is 0.162 e. The van der Waals surface area contributed by atoms with Gasteiger partial charge >= 0.3 is 0 Å². The Morgan fingerprint density at radius 1 is 0.833 bits per heavy atom. The lowest BCUT2D eigenvalue weighted by Crippen LogP contribution is -2.25. The molecule has 4 aromatic rings. The third-order valence-electron chi connectivity index (χ3n) is 5.42. The summed E-state index contributed by atoms with van der Waals surface area (Å²) in [6.45, 7) is 1.66. The number of nitrogens with zero attached hydrogens (tertiary/aromatic N) is 3. The van der Waals surface area contributed by atoms with Gasteiger partial charge in [0, 0.05) is 23.9 Å². The van der Waals surface area contributed by atoms with E-state index in [2.05, 4.69) is 11.0 Å². The summed E-state index contributed by atoms with van der Waals surface area (Å²) in [5, 5.41) is 1.06. The fourth-order valence-electron chi connectivity index (χ4n) is 3.93. The van der Waals surface area contributed by atoms with E-state index < -0.39 is 0 Å². The van der Waals surface area contributed by atoms with Crippen LogP contribution in [0.5, 0.6) is 11.5 Å². The van der Waals surface area contributed by atoms with Crippen molar-refractivity contribution in [2.75, 3.05) is 25.1 Å². The van der Waals surface area contributed by atoms with Crippen LogP contribution in [0.4, 0.5) is 5.82 Å². The summed E-state index contributed by atoms with van der Waals surface area (Å²) in [6, 6.07) is 26.1. The average molecular weight is 397 g/mol. The van der Waals surface area contributed by atoms with Gasteiger partial charge < -0.3 is 14.4 Å². The van der Waals surface area contributed by atoms with Gasteiger partial charge in [-0.1, -0.05) is 54.6 Å². The molecule has 5 heteroatoms. The van der Waals surface area contributed by atoms with E-state index in [1.165, 1.54) is 0 Å². The second-order valence-electron chi connectivity index (χ2n) is 7.38. The largest absolute Gasteiger partial charge is 0.493 e. The topological polar surface area (TPSA) is 47.5 Å². The molecule has 5 nitrogen and oxygen atoms in total. The van der Waals surface area contributed by atoms with Gasteiger partial charge in [-0.2, -0.15) is 0 Å². The first-order valence-corrected chi connectivity index (χ1v) is 10.2. The third-order valence-corrected chi connectivity index (χ3v) is 5.42. The van der Waals surface area contributed by atoms with Crippen molar-refractivity contribution in [2.45, 2.75) is 12.5 Å². The van der Waals surface area contributed by atoms with Gasteiger partial charge in [-0.3, -0.25) is 0 Å². The summed E-state index contributed by atoms with van der Waals surface area (Å²) in [5.41, 5.74) is 1.97. The highest BCUT2D eigenvalue weighted by molar-refractivity contribution is 5.91. The molecule has 1 fully saturated rings. The Kier molecular flexibility index (Phi) is 4.93. The summed E-state index contributed by atoms with van der Waals surface area (Å²) in [7, 11) is 1.67. The fourth-order valence-corrected chi connectivity index (χ4v) is 3.93. The Morgan fingerprint density at radius 3 is 2.40 bits per heavy atom. The maximum atomic E-state index is 6.27. The van der Waals surface area contributed by atoms with Crippen LogP contribution < -0.4 is 14.4 Å². The molecule has 0 radical (unpaired) electrons. The zero-order valence-electron chi connectivity index (χ0n) is 16.9. The maximum Gasteiger partial charge on any atom is 0.162 e. The predicted molar refractivity (Wildman–Crippen MR) is 119 cm³/mol. The zero-order valence-corrected chi connectivity index (χ0v) is 16.9. The van der Waals surface area contributed by atoms with Crippen LogP contribution in [0.1, 0.15) is 6.42 Å². The lowest BCUT2D eigenvalue weighted by atomic mass is 10.2. The van der Waals surface area contributed by atoms with Gasteiger partial charge in [0.25, 0.3) is 0 Å². The number of hydrogen-bond donors (Lipinski definition) is 0. The van der Waals surface area contributed by atoms with Crippen LogP contribution in [0.25, 0.3) is 22.3 Å². The first-order valence-electron chi connectivity index (χ1n) is 10.2. The van der Waals surface area contributed by atoms with Gasteiger partial charge in [0.1, 0.15) is 11.9 Å². The molecule has 1 atom stereocenters. The number of hydrogen-bond acceptors (Lipinski definition) is 5. The summed E-state index contributed by atoms with van der Waals surface area (Å²) in [6.07, 6.45) is 1.01. The van der Waals surface area contributed by atoms with Gasteiger partial charge in [0.05, 0.1) is 19.2 Å². The SMILES string of the molecule is COc1ccccc1OC1CCN(c2nc(-c3ccccc3)nc3ccccc23)C1. The van der Waals surface area contributed by atoms with Crippen LogP contribution in [0.2, 0.25) is 0 Å². The highest BCUT2D eigenvalue weighted by atomic mass is 16.5. The molecule has 1 unspecified atom stereocenters. The molecule has 0 bridgehead atoms. The van der Waals surface area contributed by atoms with E-state index >= 15 is 0 Å². The molecule has 150 valence electrons. The van der Waals surface area contributed by atoms with Gasteiger partial charge in [0.15, 0.2) is 17.3 Å². The molecule has 0 saturated carbocycles. The number of para-hydroxylation sites is 3. The maximum absolute atomic E-state index is 6.27. The minimum absolute atomic E-state index is 0.0789. The highest BCUT2D eigenvalue weighted by Gasteiger charge is 2.27. The molecule has 1 aliphatic rings. The minimum atomic E-state index is 0.0789. The van der Waals surface area contributed by atoms with Crippen molar-refractivity contribution in [1.29, 1.82) is 0 Å². The quantitative estimate of drug-likeness (QED) is 0.476. The molecular formula is C25H23N3O2. The summed E-state index contributed by atoms with van der Waals surface area (Å²) >= 11 is 0. The number of fused-ring (bicyclic) bond motifs is 1. The summed E-state index contributed by atoms with van der Waals surface area (Å²) < 4.78 is 11.7. The number of methoxy groups -OCH3 is 1. The Labute approximate surface area is 175 Å². The van der Waals surface area contributed by atoms with Crippen molar-refractivity contribution >= 4 is 16.7 Å². The minimum Gasteiger partial charge on any atom is -0.493 e. The van der Waals surface area contributed by atoms with E-state index in [-0.39, 0.29) is 6.10 Å². The van der Waals surface area contributed by atoms with Crippen LogP contribution in [0.3, 0.4) is 0 Å². The van der Waals surface area contributed by atoms with Gasteiger partial charge in [-0.15, -0.1) is 0 Å². The molecule has 2 heterocycles. The molecule has 0 N–H and O–H groups in total. The van der Waals surface area contributed by atoms with Gasteiger partial charge in [-0.05, 0) is 24.3 Å². The van der Waals surface area contributed by atoms with Crippen molar-refractivity contribution in [3.05, 3.63) is 78.9 Å². The third kappa shape index (κ3) is 3.54. The Balaban J connectivity index is 1.46. The van der Waals surface area contributed by atoms with Gasteiger partial charge in [0.2, 0.25) is 0 Å². The van der Waals surface area contributed by atoms with Crippen molar-refractivity contribution in [1.82, 2.24) is 9.97 Å². The van der Waals surface area contributed by atoms with Crippen LogP contribution in [0.15, 0.2) is 78.9 Å². The number of ether oxygens (including phenoxy) is 2. The van der Waals surface area contributed by atoms with E-state index in [1.54, 1.807) is 7.11 Å². The first kappa shape index (κ1) is 18.4. The molecule has 30 heavy (non-hydrogen) atoms. The zero-order chi connectivity index (χ0) is 20.3. The van der Waals surface area contributed by atoms with Crippen LogP contribution in [-0.4, -0.2) is 36.3 Å². The molecule has 5 rings (SSSR count). The number of aromatic nitrogens is 2. The van der Waals surface area contributed by atoms with E-state index in [0.717, 1.165) is 59.1 Å². The normalized spacial score (nSPS) is 16.0. The van der Waals surface area contributed by atoms with Crippen LogP contribution >= 0.6 is 0 Å². The van der Waals surface area contributed by atoms with E-state index in [0.29, 0.717) is 0 Å². The molecule has 0 amide bonds. The molecule has 0 aliphatic carbocycles. The average Bonchev–Trinajstić information content (AvgIpc) is 3.27. The van der Waals surface area contributed by atoms with E-state index in [1.807, 2.05) is 72.8 Å². The van der Waals surface area contributed by atoms with Crippen molar-refractivity contribution in [2.24, 2.45) is 0 Å². The standard InChI is InChI=1S/C25H23N3O2/c1-29-22-13-7-8-14-23(22)30-19-15-16-28(17-19)25-20-11-5-6-12-21(20)26-24(27-25)18-9-3-2-4-10-18/h2-14,19H,15-17H2,1H3. The Morgan fingerprint density at radius 2 is 1.57 bits per heavy atom. The molecule has 1 aliphatic heterocycles. The fraction of sp³-hybridized carbons (Fsp3) is 0.200. The number of benzene rings is 3. The summed E-state index contributed by atoms with van der Waals surface area (Å²) in [4.78, 5) is 12.1. The molecule has 1 aromatic heterocycles. The van der Waals surface area contributed by atoms with Gasteiger partial charge in [-0.25, -0.2) is 9.97 Å². The predicted octanol–water partition coefficient (Wildman–Crippen LogP) is 4.96. The Hall–Kier alpha value is -3.60. The van der Waals surface area contributed by atoms with Crippen molar-refractivity contribution < 1.29 is 9.47 Å². The van der Waals surface area contributed by atoms with E-state index in [4.69, 9.17) is 19.4 Å². The molecule has 3 aromatic carbocycles. The van der Waals surface area contributed by atoms with Crippen LogP contribution in [0, 0.1) is 0 Å². The molecule has 1 saturated heterocycles. The van der Waals surface area contributed by atoms with E-state index in [9.17, 15) is 0 Å². The molecular weight excluding hydrogens is 374 g/mol. The summed E-state index contributed by atoms with van der Waals surface area (Å²) in [5.74, 6) is 3.25. The second kappa shape index (κ2) is 8.03. The lowest BCUT2D eigenvalue weighted by molar-refractivity contribution is 0.214. The number of anilines is 1. The monoisotopic (exact) mass is 397 g/mol. The Bertz CT molecular complexity index is 1160. The lowest BCUT2D eigenvalue weighted by Gasteiger charge is -2.21.